The van der Waals surface area contributed by atoms with E-state index in [1.54, 1.807) is 6.20 Å². The zero-order valence-corrected chi connectivity index (χ0v) is 16.5. The standard InChI is InChI=1S/C23H22BNO3/c1-22(2)23(3,4)28-24(27-22)21-16(9-7-13-25-21)15-11-12-18-17-8-5-6-10-19(17)26-20(18)14-15/h5-14H,1-4H3. The van der Waals surface area contributed by atoms with Gasteiger partial charge in [-0.05, 0) is 63.1 Å². The smallest absolute Gasteiger partial charge is 0.456 e. The average Bonchev–Trinajstić information content (AvgIpc) is 3.14. The highest BCUT2D eigenvalue weighted by Gasteiger charge is 2.52. The molecule has 0 N–H and O–H groups in total. The van der Waals surface area contributed by atoms with Crippen LogP contribution in [-0.4, -0.2) is 23.3 Å². The van der Waals surface area contributed by atoms with Crippen LogP contribution in [0.2, 0.25) is 0 Å². The third kappa shape index (κ3) is 2.58. The fourth-order valence-corrected chi connectivity index (χ4v) is 3.70. The van der Waals surface area contributed by atoms with E-state index in [1.807, 2.05) is 24.3 Å². The number of hydrogen-bond donors (Lipinski definition) is 0. The Balaban J connectivity index is 1.62. The molecule has 1 saturated heterocycles. The summed E-state index contributed by atoms with van der Waals surface area (Å²) < 4.78 is 18.5. The van der Waals surface area contributed by atoms with E-state index in [-0.39, 0.29) is 0 Å². The molecule has 2 aromatic heterocycles. The van der Waals surface area contributed by atoms with E-state index < -0.39 is 18.3 Å². The summed E-state index contributed by atoms with van der Waals surface area (Å²) in [5, 5.41) is 2.24. The van der Waals surface area contributed by atoms with Crippen LogP contribution in [0.3, 0.4) is 0 Å². The Labute approximate surface area is 164 Å². The molecule has 5 heteroatoms. The number of nitrogens with zero attached hydrogens (tertiary/aromatic N) is 1. The summed E-state index contributed by atoms with van der Waals surface area (Å²) in [6.07, 6.45) is 1.78. The minimum Gasteiger partial charge on any atom is -0.456 e. The van der Waals surface area contributed by atoms with Crippen molar-refractivity contribution >= 4 is 34.7 Å². The molecule has 3 heterocycles. The maximum Gasteiger partial charge on any atom is 0.515 e. The largest absolute Gasteiger partial charge is 0.515 e. The zero-order valence-electron chi connectivity index (χ0n) is 16.5. The summed E-state index contributed by atoms with van der Waals surface area (Å²) in [6, 6.07) is 18.4. The van der Waals surface area contributed by atoms with Crippen molar-refractivity contribution in [2.24, 2.45) is 0 Å². The number of aromatic nitrogens is 1. The van der Waals surface area contributed by atoms with E-state index in [4.69, 9.17) is 13.7 Å². The van der Waals surface area contributed by atoms with Crippen LogP contribution in [0.5, 0.6) is 0 Å². The van der Waals surface area contributed by atoms with E-state index in [1.165, 1.54) is 0 Å². The van der Waals surface area contributed by atoms with Crippen molar-refractivity contribution in [3.8, 4) is 11.1 Å². The fourth-order valence-electron chi connectivity index (χ4n) is 3.70. The Morgan fingerprint density at radius 1 is 0.786 bits per heavy atom. The predicted octanol–water partition coefficient (Wildman–Crippen LogP) is 4.95. The summed E-state index contributed by atoms with van der Waals surface area (Å²) in [6.45, 7) is 8.21. The lowest BCUT2D eigenvalue weighted by molar-refractivity contribution is 0.00578. The van der Waals surface area contributed by atoms with Gasteiger partial charge in [-0.15, -0.1) is 0 Å². The van der Waals surface area contributed by atoms with Gasteiger partial charge in [-0.3, -0.25) is 4.98 Å². The zero-order chi connectivity index (χ0) is 19.5. The van der Waals surface area contributed by atoms with E-state index in [0.29, 0.717) is 0 Å². The molecule has 1 fully saturated rings. The minimum atomic E-state index is -0.507. The monoisotopic (exact) mass is 371 g/mol. The molecule has 0 bridgehead atoms. The topological polar surface area (TPSA) is 44.5 Å². The summed E-state index contributed by atoms with van der Waals surface area (Å²) in [4.78, 5) is 4.61. The molecule has 5 rings (SSSR count). The van der Waals surface area contributed by atoms with Gasteiger partial charge in [0, 0.05) is 17.0 Å². The second-order valence-corrected chi connectivity index (χ2v) is 8.33. The molecule has 0 unspecified atom stereocenters. The van der Waals surface area contributed by atoms with Crippen LogP contribution in [-0.2, 0) is 9.31 Å². The molecule has 0 saturated carbocycles. The Kier molecular flexibility index (Phi) is 3.70. The van der Waals surface area contributed by atoms with Crippen molar-refractivity contribution in [2.75, 3.05) is 0 Å². The fraction of sp³-hybridized carbons (Fsp3) is 0.261. The van der Waals surface area contributed by atoms with Gasteiger partial charge in [0.2, 0.25) is 0 Å². The first-order valence-electron chi connectivity index (χ1n) is 9.58. The second kappa shape index (κ2) is 5.93. The van der Waals surface area contributed by atoms with E-state index in [9.17, 15) is 0 Å². The molecular weight excluding hydrogens is 349 g/mol. The molecule has 0 spiro atoms. The van der Waals surface area contributed by atoms with Gasteiger partial charge in [0.05, 0.1) is 16.8 Å². The molecular formula is C23H22BNO3. The molecule has 4 aromatic rings. The van der Waals surface area contributed by atoms with Crippen molar-refractivity contribution in [3.63, 3.8) is 0 Å². The lowest BCUT2D eigenvalue weighted by Crippen LogP contribution is -2.41. The predicted molar refractivity (Wildman–Crippen MR) is 113 cm³/mol. The van der Waals surface area contributed by atoms with Crippen molar-refractivity contribution in [1.82, 2.24) is 4.98 Å². The lowest BCUT2D eigenvalue weighted by atomic mass is 9.79. The van der Waals surface area contributed by atoms with E-state index >= 15 is 0 Å². The lowest BCUT2D eigenvalue weighted by Gasteiger charge is -2.32. The number of fused-ring (bicyclic) bond motifs is 3. The summed E-state index contributed by atoms with van der Waals surface area (Å²) in [7, 11) is -0.507. The molecule has 2 aromatic carbocycles. The highest BCUT2D eigenvalue weighted by atomic mass is 16.7. The van der Waals surface area contributed by atoms with E-state index in [2.05, 4.69) is 63.0 Å². The number of para-hydroxylation sites is 1. The number of hydrogen-bond acceptors (Lipinski definition) is 4. The van der Waals surface area contributed by atoms with Gasteiger partial charge in [-0.2, -0.15) is 0 Å². The van der Waals surface area contributed by atoms with Crippen LogP contribution < -0.4 is 5.59 Å². The first kappa shape index (κ1) is 17.5. The molecule has 0 atom stereocenters. The third-order valence-electron chi connectivity index (χ3n) is 6.00. The van der Waals surface area contributed by atoms with Crippen molar-refractivity contribution in [1.29, 1.82) is 0 Å². The minimum absolute atomic E-state index is 0.408. The van der Waals surface area contributed by atoms with Crippen molar-refractivity contribution in [3.05, 3.63) is 60.8 Å². The average molecular weight is 371 g/mol. The van der Waals surface area contributed by atoms with Gasteiger partial charge in [0.15, 0.2) is 0 Å². The first-order valence-corrected chi connectivity index (χ1v) is 9.58. The van der Waals surface area contributed by atoms with Crippen LogP contribution in [0.4, 0.5) is 0 Å². The molecule has 28 heavy (non-hydrogen) atoms. The van der Waals surface area contributed by atoms with Crippen LogP contribution in [0.15, 0.2) is 65.2 Å². The van der Waals surface area contributed by atoms with Gasteiger partial charge in [0.25, 0.3) is 0 Å². The molecule has 0 aliphatic carbocycles. The molecule has 1 aliphatic heterocycles. The van der Waals surface area contributed by atoms with Gasteiger partial charge < -0.3 is 13.7 Å². The summed E-state index contributed by atoms with van der Waals surface area (Å²) >= 11 is 0. The Morgan fingerprint density at radius 3 is 2.29 bits per heavy atom. The third-order valence-corrected chi connectivity index (χ3v) is 6.00. The molecule has 1 aliphatic rings. The number of benzene rings is 2. The van der Waals surface area contributed by atoms with Gasteiger partial charge in [-0.25, -0.2) is 0 Å². The maximum atomic E-state index is 6.24. The van der Waals surface area contributed by atoms with Crippen molar-refractivity contribution < 1.29 is 13.7 Å². The van der Waals surface area contributed by atoms with Crippen LogP contribution in [0.1, 0.15) is 27.7 Å². The molecule has 140 valence electrons. The Morgan fingerprint density at radius 2 is 1.50 bits per heavy atom. The number of pyridine rings is 1. The van der Waals surface area contributed by atoms with Crippen LogP contribution >= 0.6 is 0 Å². The second-order valence-electron chi connectivity index (χ2n) is 8.33. The summed E-state index contributed by atoms with van der Waals surface area (Å²) in [5.41, 5.74) is 3.75. The number of rotatable bonds is 2. The van der Waals surface area contributed by atoms with Gasteiger partial charge >= 0.3 is 7.12 Å². The Hall–Kier alpha value is -2.63. The highest BCUT2D eigenvalue weighted by molar-refractivity contribution is 6.62. The molecule has 0 radical (unpaired) electrons. The summed E-state index contributed by atoms with van der Waals surface area (Å²) in [5.74, 6) is 0. The van der Waals surface area contributed by atoms with Crippen molar-refractivity contribution in [2.45, 2.75) is 38.9 Å². The first-order chi connectivity index (χ1) is 13.4. The molecule has 0 amide bonds. The van der Waals surface area contributed by atoms with Crippen LogP contribution in [0, 0.1) is 0 Å². The highest BCUT2D eigenvalue weighted by Crippen LogP contribution is 2.37. The molecule has 4 nitrogen and oxygen atoms in total. The van der Waals surface area contributed by atoms with E-state index in [0.717, 1.165) is 38.7 Å². The normalized spacial score (nSPS) is 18.2. The van der Waals surface area contributed by atoms with Gasteiger partial charge in [-0.1, -0.05) is 30.3 Å². The Bertz CT molecular complexity index is 1180. The quantitative estimate of drug-likeness (QED) is 0.468. The van der Waals surface area contributed by atoms with Gasteiger partial charge in [0.1, 0.15) is 11.2 Å². The number of furan rings is 1. The van der Waals surface area contributed by atoms with Crippen LogP contribution in [0.25, 0.3) is 33.1 Å². The SMILES string of the molecule is CC1(C)OB(c2ncccc2-c2ccc3c(c2)oc2ccccc23)OC1(C)C. The maximum absolute atomic E-state index is 6.24.